The Labute approximate surface area is 106 Å². The van der Waals surface area contributed by atoms with E-state index in [1.54, 1.807) is 19.1 Å². The smallest absolute Gasteiger partial charge is 0.338 e. The molecule has 0 aromatic heterocycles. The van der Waals surface area contributed by atoms with Crippen LogP contribution in [-0.4, -0.2) is 18.9 Å². The number of carbonyl (C=O) groups is 2. The van der Waals surface area contributed by atoms with Gasteiger partial charge in [0.1, 0.15) is 6.29 Å². The number of aldehydes is 1. The van der Waals surface area contributed by atoms with Crippen molar-refractivity contribution in [1.29, 1.82) is 0 Å². The molecular formula is C13H15ClO3. The van der Waals surface area contributed by atoms with Crippen molar-refractivity contribution in [2.45, 2.75) is 25.6 Å². The average Bonchev–Trinajstić information content (AvgIpc) is 2.36. The molecule has 0 amide bonds. The lowest BCUT2D eigenvalue weighted by Crippen LogP contribution is -2.06. The summed E-state index contributed by atoms with van der Waals surface area (Å²) in [4.78, 5) is 21.8. The highest BCUT2D eigenvalue weighted by atomic mass is 35.5. The highest BCUT2D eigenvalue weighted by Gasteiger charge is 2.09. The molecule has 0 heterocycles. The van der Waals surface area contributed by atoms with Crippen molar-refractivity contribution in [1.82, 2.24) is 0 Å². The fourth-order valence-corrected chi connectivity index (χ4v) is 1.80. The minimum Gasteiger partial charge on any atom is -0.462 e. The highest BCUT2D eigenvalue weighted by molar-refractivity contribution is 6.17. The maximum Gasteiger partial charge on any atom is 0.338 e. The third kappa shape index (κ3) is 3.86. The second-order valence-electron chi connectivity index (χ2n) is 3.54. The lowest BCUT2D eigenvalue weighted by atomic mass is 10.0. The monoisotopic (exact) mass is 254 g/mol. The number of benzene rings is 1. The Morgan fingerprint density at radius 2 is 2.18 bits per heavy atom. The minimum atomic E-state index is -0.346. The predicted molar refractivity (Wildman–Crippen MR) is 66.3 cm³/mol. The summed E-state index contributed by atoms with van der Waals surface area (Å²) < 4.78 is 4.91. The normalized spacial score (nSPS) is 10.0. The van der Waals surface area contributed by atoms with E-state index >= 15 is 0 Å². The number of carbonyl (C=O) groups excluding carboxylic acids is 2. The Balaban J connectivity index is 2.91. The number of aryl methyl sites for hydroxylation is 1. The molecule has 0 aliphatic carbocycles. The largest absolute Gasteiger partial charge is 0.462 e. The van der Waals surface area contributed by atoms with Gasteiger partial charge in [-0.05, 0) is 36.6 Å². The van der Waals surface area contributed by atoms with Crippen LogP contribution in [0.2, 0.25) is 0 Å². The fourth-order valence-electron chi connectivity index (χ4n) is 1.55. The van der Waals surface area contributed by atoms with Crippen molar-refractivity contribution in [3.63, 3.8) is 0 Å². The first-order chi connectivity index (χ1) is 8.22. The number of halogens is 1. The highest BCUT2D eigenvalue weighted by Crippen LogP contribution is 2.16. The van der Waals surface area contributed by atoms with Crippen LogP contribution < -0.4 is 0 Å². The second kappa shape index (κ2) is 7.07. The summed E-state index contributed by atoms with van der Waals surface area (Å²) >= 11 is 5.82. The van der Waals surface area contributed by atoms with Gasteiger partial charge in [-0.2, -0.15) is 0 Å². The Bertz CT molecular complexity index is 402. The van der Waals surface area contributed by atoms with Crippen LogP contribution in [0, 0.1) is 0 Å². The molecule has 0 aliphatic rings. The summed E-state index contributed by atoms with van der Waals surface area (Å²) in [5.74, 6) is -0.0256. The molecule has 0 bridgehead atoms. The van der Waals surface area contributed by atoms with Gasteiger partial charge in [0.05, 0.1) is 12.2 Å². The van der Waals surface area contributed by atoms with Gasteiger partial charge in [-0.1, -0.05) is 6.07 Å². The zero-order valence-corrected chi connectivity index (χ0v) is 10.5. The molecular weight excluding hydrogens is 240 g/mol. The molecule has 0 saturated carbocycles. The van der Waals surface area contributed by atoms with Crippen molar-refractivity contribution < 1.29 is 14.3 Å². The van der Waals surface area contributed by atoms with Gasteiger partial charge in [-0.15, -0.1) is 11.6 Å². The van der Waals surface area contributed by atoms with Crippen LogP contribution in [0.4, 0.5) is 0 Å². The van der Waals surface area contributed by atoms with E-state index in [0.29, 0.717) is 30.9 Å². The first-order valence-corrected chi connectivity index (χ1v) is 6.04. The maximum absolute atomic E-state index is 11.5. The molecule has 4 heteroatoms. The van der Waals surface area contributed by atoms with E-state index in [1.165, 1.54) is 0 Å². The van der Waals surface area contributed by atoms with Crippen molar-refractivity contribution in [2.75, 3.05) is 6.61 Å². The molecule has 17 heavy (non-hydrogen) atoms. The number of hydrogen-bond acceptors (Lipinski definition) is 3. The number of hydrogen-bond donors (Lipinski definition) is 0. The molecule has 92 valence electrons. The molecule has 1 aromatic carbocycles. The predicted octanol–water partition coefficient (Wildman–Crippen LogP) is 2.73. The molecule has 0 spiro atoms. The van der Waals surface area contributed by atoms with E-state index in [1.807, 2.05) is 6.07 Å². The Kier molecular flexibility index (Phi) is 5.70. The van der Waals surface area contributed by atoms with E-state index in [-0.39, 0.29) is 5.97 Å². The number of esters is 1. The quantitative estimate of drug-likeness (QED) is 0.445. The zero-order chi connectivity index (χ0) is 12.7. The van der Waals surface area contributed by atoms with E-state index < -0.39 is 0 Å². The molecule has 0 N–H and O–H groups in total. The van der Waals surface area contributed by atoms with Crippen molar-refractivity contribution in [3.8, 4) is 0 Å². The molecule has 1 aromatic rings. The summed E-state index contributed by atoms with van der Waals surface area (Å²) in [6, 6.07) is 5.26. The standard InChI is InChI=1S/C13H15ClO3/c1-2-17-13(16)11-6-5-10(4-3-7-15)12(8-11)9-14/h5-8H,2-4,9H2,1H3. The van der Waals surface area contributed by atoms with Gasteiger partial charge in [0.15, 0.2) is 0 Å². The van der Waals surface area contributed by atoms with Gasteiger partial charge in [-0.25, -0.2) is 4.79 Å². The van der Waals surface area contributed by atoms with Crippen LogP contribution in [0.3, 0.4) is 0 Å². The van der Waals surface area contributed by atoms with Gasteiger partial charge in [0.2, 0.25) is 0 Å². The summed E-state index contributed by atoms with van der Waals surface area (Å²) in [6.07, 6.45) is 1.98. The fraction of sp³-hybridized carbons (Fsp3) is 0.385. The first kappa shape index (κ1) is 13.7. The summed E-state index contributed by atoms with van der Waals surface area (Å²) in [5.41, 5.74) is 2.37. The van der Waals surface area contributed by atoms with Crippen molar-refractivity contribution in [2.24, 2.45) is 0 Å². The van der Waals surface area contributed by atoms with Gasteiger partial charge in [0.25, 0.3) is 0 Å². The van der Waals surface area contributed by atoms with Gasteiger partial charge < -0.3 is 9.53 Å². The summed E-state index contributed by atoms with van der Waals surface area (Å²) in [7, 11) is 0. The van der Waals surface area contributed by atoms with E-state index in [2.05, 4.69) is 0 Å². The third-order valence-electron chi connectivity index (χ3n) is 2.39. The molecule has 0 radical (unpaired) electrons. The van der Waals surface area contributed by atoms with E-state index in [0.717, 1.165) is 17.4 Å². The first-order valence-electron chi connectivity index (χ1n) is 5.51. The molecule has 0 saturated heterocycles. The average molecular weight is 255 g/mol. The lowest BCUT2D eigenvalue weighted by molar-refractivity contribution is -0.107. The second-order valence-corrected chi connectivity index (χ2v) is 3.81. The molecule has 1 rings (SSSR count). The lowest BCUT2D eigenvalue weighted by Gasteiger charge is -2.08. The van der Waals surface area contributed by atoms with Crippen LogP contribution in [0.25, 0.3) is 0 Å². The maximum atomic E-state index is 11.5. The zero-order valence-electron chi connectivity index (χ0n) is 9.74. The Hall–Kier alpha value is -1.35. The van der Waals surface area contributed by atoms with E-state index in [9.17, 15) is 9.59 Å². The van der Waals surface area contributed by atoms with Crippen molar-refractivity contribution in [3.05, 3.63) is 34.9 Å². The topological polar surface area (TPSA) is 43.4 Å². The molecule has 3 nitrogen and oxygen atoms in total. The number of rotatable bonds is 6. The van der Waals surface area contributed by atoms with Crippen LogP contribution in [-0.2, 0) is 21.8 Å². The van der Waals surface area contributed by atoms with Crippen LogP contribution in [0.5, 0.6) is 0 Å². The minimum absolute atomic E-state index is 0.321. The Morgan fingerprint density at radius 3 is 2.76 bits per heavy atom. The molecule has 0 aliphatic heterocycles. The SMILES string of the molecule is CCOC(=O)c1ccc(CCC=O)c(CCl)c1. The van der Waals surface area contributed by atoms with Gasteiger partial charge in [-0.3, -0.25) is 0 Å². The van der Waals surface area contributed by atoms with Gasteiger partial charge >= 0.3 is 5.97 Å². The number of alkyl halides is 1. The third-order valence-corrected chi connectivity index (χ3v) is 2.68. The molecule has 0 unspecified atom stereocenters. The summed E-state index contributed by atoms with van der Waals surface area (Å²) in [6.45, 7) is 2.11. The Morgan fingerprint density at radius 1 is 1.41 bits per heavy atom. The van der Waals surface area contributed by atoms with Gasteiger partial charge in [0, 0.05) is 12.3 Å². The van der Waals surface area contributed by atoms with Crippen molar-refractivity contribution >= 4 is 23.9 Å². The summed E-state index contributed by atoms with van der Waals surface area (Å²) in [5, 5.41) is 0. The molecule has 0 fully saturated rings. The van der Waals surface area contributed by atoms with Crippen LogP contribution >= 0.6 is 11.6 Å². The van der Waals surface area contributed by atoms with Crippen LogP contribution in [0.1, 0.15) is 34.8 Å². The van der Waals surface area contributed by atoms with E-state index in [4.69, 9.17) is 16.3 Å². The number of ether oxygens (including phenoxy) is 1. The van der Waals surface area contributed by atoms with Crippen LogP contribution in [0.15, 0.2) is 18.2 Å². The molecule has 0 atom stereocenters.